The van der Waals surface area contributed by atoms with Gasteiger partial charge in [0, 0.05) is 4.88 Å². The highest BCUT2D eigenvalue weighted by molar-refractivity contribution is 7.14. The number of hydrogen-bond donors (Lipinski definition) is 2. The van der Waals surface area contributed by atoms with Crippen LogP contribution in [0.3, 0.4) is 0 Å². The number of rotatable bonds is 8. The zero-order valence-corrected chi connectivity index (χ0v) is 17.6. The van der Waals surface area contributed by atoms with Crippen molar-refractivity contribution >= 4 is 33.6 Å². The van der Waals surface area contributed by atoms with Crippen molar-refractivity contribution in [3.05, 3.63) is 74.8 Å². The molecule has 28 heavy (non-hydrogen) atoms. The van der Waals surface area contributed by atoms with E-state index in [1.807, 2.05) is 11.4 Å². The molecule has 3 aromatic rings. The minimum atomic E-state index is -0.156. The molecule has 144 valence electrons. The molecule has 0 fully saturated rings. The monoisotopic (exact) mass is 409 g/mol. The molecule has 0 saturated heterocycles. The highest BCUT2D eigenvalue weighted by Crippen LogP contribution is 2.27. The first-order valence-electron chi connectivity index (χ1n) is 9.20. The van der Waals surface area contributed by atoms with Crippen LogP contribution in [0.4, 0.5) is 5.00 Å². The molecule has 0 aliphatic carbocycles. The second-order valence-corrected chi connectivity index (χ2v) is 8.89. The lowest BCUT2D eigenvalue weighted by Crippen LogP contribution is -2.31. The molecular formula is C22H23N3OS2. The highest BCUT2D eigenvalue weighted by atomic mass is 32.1. The van der Waals surface area contributed by atoms with E-state index >= 15 is 0 Å². The number of nitriles is 1. The van der Waals surface area contributed by atoms with Gasteiger partial charge in [0.25, 0.3) is 0 Å². The summed E-state index contributed by atoms with van der Waals surface area (Å²) >= 11 is 3.03. The van der Waals surface area contributed by atoms with Crippen molar-refractivity contribution in [2.24, 2.45) is 5.92 Å². The smallest absolute Gasteiger partial charge is 0.238 e. The summed E-state index contributed by atoms with van der Waals surface area (Å²) in [7, 11) is 0. The Balaban J connectivity index is 1.69. The molecule has 0 aliphatic heterocycles. The molecule has 0 unspecified atom stereocenters. The fourth-order valence-corrected chi connectivity index (χ4v) is 4.60. The van der Waals surface area contributed by atoms with E-state index in [0.717, 1.165) is 12.0 Å². The molecular weight excluding hydrogens is 386 g/mol. The number of nitrogens with zero attached hydrogens (tertiary/aromatic N) is 1. The third-order valence-corrected chi connectivity index (χ3v) is 6.06. The van der Waals surface area contributed by atoms with Gasteiger partial charge in [-0.2, -0.15) is 5.26 Å². The van der Waals surface area contributed by atoms with Crippen molar-refractivity contribution in [2.75, 3.05) is 11.9 Å². The summed E-state index contributed by atoms with van der Waals surface area (Å²) in [4.78, 5) is 13.6. The predicted molar refractivity (Wildman–Crippen MR) is 117 cm³/mol. The summed E-state index contributed by atoms with van der Waals surface area (Å²) in [6.07, 6.45) is 1.06. The summed E-state index contributed by atoms with van der Waals surface area (Å²) in [5.74, 6) is 0.466. The number of benzene rings is 1. The maximum Gasteiger partial charge on any atom is 0.238 e. The molecule has 3 rings (SSSR count). The molecule has 2 N–H and O–H groups in total. The number of carbonyl (C=O) groups excluding carboxylic acids is 1. The molecule has 1 atom stereocenters. The molecule has 0 aliphatic rings. The summed E-state index contributed by atoms with van der Waals surface area (Å²) in [5, 5.41) is 19.7. The van der Waals surface area contributed by atoms with Gasteiger partial charge >= 0.3 is 0 Å². The van der Waals surface area contributed by atoms with Crippen LogP contribution in [-0.4, -0.2) is 12.5 Å². The van der Waals surface area contributed by atoms with E-state index in [-0.39, 0.29) is 18.5 Å². The summed E-state index contributed by atoms with van der Waals surface area (Å²) in [5.41, 5.74) is 2.95. The van der Waals surface area contributed by atoms with Crippen LogP contribution in [0.15, 0.2) is 53.2 Å². The van der Waals surface area contributed by atoms with Crippen molar-refractivity contribution in [1.29, 1.82) is 5.26 Å². The van der Waals surface area contributed by atoms with E-state index in [1.165, 1.54) is 21.8 Å². The van der Waals surface area contributed by atoms with Crippen LogP contribution in [0.5, 0.6) is 0 Å². The van der Waals surface area contributed by atoms with E-state index in [0.29, 0.717) is 16.5 Å². The van der Waals surface area contributed by atoms with Gasteiger partial charge in [0.15, 0.2) is 0 Å². The Morgan fingerprint density at radius 3 is 2.54 bits per heavy atom. The number of nitrogens with one attached hydrogen (secondary N) is 2. The highest BCUT2D eigenvalue weighted by Gasteiger charge is 2.17. The van der Waals surface area contributed by atoms with Gasteiger partial charge < -0.3 is 5.32 Å². The largest absolute Gasteiger partial charge is 0.315 e. The van der Waals surface area contributed by atoms with Gasteiger partial charge in [0.05, 0.1) is 18.2 Å². The van der Waals surface area contributed by atoms with Crippen LogP contribution in [-0.2, 0) is 11.2 Å². The first kappa shape index (κ1) is 20.3. The summed E-state index contributed by atoms with van der Waals surface area (Å²) in [6.45, 7) is 4.60. The Bertz CT molecular complexity index is 937. The second kappa shape index (κ2) is 9.65. The van der Waals surface area contributed by atoms with Crippen molar-refractivity contribution in [3.8, 4) is 6.07 Å². The SMILES string of the molecule is CC(C)Cc1ccc([C@@H](NCC(=O)Nc2sccc2C#N)c2cccs2)cc1. The van der Waals surface area contributed by atoms with Crippen molar-refractivity contribution < 1.29 is 4.79 Å². The average Bonchev–Trinajstić information content (AvgIpc) is 3.34. The first-order chi connectivity index (χ1) is 13.6. The fourth-order valence-electron chi connectivity index (χ4n) is 3.02. The Morgan fingerprint density at radius 1 is 1.11 bits per heavy atom. The topological polar surface area (TPSA) is 64.9 Å². The first-order valence-corrected chi connectivity index (χ1v) is 11.0. The van der Waals surface area contributed by atoms with Crippen LogP contribution in [0.1, 0.15) is 41.5 Å². The van der Waals surface area contributed by atoms with Crippen LogP contribution >= 0.6 is 22.7 Å². The zero-order valence-electron chi connectivity index (χ0n) is 15.9. The number of amides is 1. The maximum absolute atomic E-state index is 12.4. The number of anilines is 1. The number of thiophene rings is 2. The molecule has 0 spiro atoms. The van der Waals surface area contributed by atoms with Crippen molar-refractivity contribution in [2.45, 2.75) is 26.3 Å². The van der Waals surface area contributed by atoms with Gasteiger partial charge in [-0.05, 0) is 46.4 Å². The van der Waals surface area contributed by atoms with Gasteiger partial charge in [-0.1, -0.05) is 44.2 Å². The lowest BCUT2D eigenvalue weighted by Gasteiger charge is -2.18. The van der Waals surface area contributed by atoms with E-state index < -0.39 is 0 Å². The number of carbonyl (C=O) groups is 1. The lowest BCUT2D eigenvalue weighted by atomic mass is 9.99. The predicted octanol–water partition coefficient (Wildman–Crippen LogP) is 5.20. The third kappa shape index (κ3) is 5.29. The van der Waals surface area contributed by atoms with Gasteiger partial charge in [0.1, 0.15) is 11.1 Å². The molecule has 4 nitrogen and oxygen atoms in total. The zero-order chi connectivity index (χ0) is 19.9. The molecule has 6 heteroatoms. The molecule has 2 aromatic heterocycles. The Labute approximate surface area is 173 Å². The van der Waals surface area contributed by atoms with Crippen LogP contribution in [0.2, 0.25) is 0 Å². The maximum atomic E-state index is 12.4. The van der Waals surface area contributed by atoms with Gasteiger partial charge in [-0.15, -0.1) is 22.7 Å². The number of hydrogen-bond acceptors (Lipinski definition) is 5. The van der Waals surface area contributed by atoms with Crippen molar-refractivity contribution in [1.82, 2.24) is 5.32 Å². The molecule has 1 amide bonds. The Morgan fingerprint density at radius 2 is 1.89 bits per heavy atom. The van der Waals surface area contributed by atoms with E-state index in [2.05, 4.69) is 60.9 Å². The normalized spacial score (nSPS) is 11.9. The van der Waals surface area contributed by atoms with Gasteiger partial charge in [-0.3, -0.25) is 10.1 Å². The third-order valence-electron chi connectivity index (χ3n) is 4.29. The Kier molecular flexibility index (Phi) is 6.99. The average molecular weight is 410 g/mol. The second-order valence-electron chi connectivity index (χ2n) is 6.99. The van der Waals surface area contributed by atoms with Crippen LogP contribution in [0.25, 0.3) is 0 Å². The van der Waals surface area contributed by atoms with Crippen molar-refractivity contribution in [3.63, 3.8) is 0 Å². The van der Waals surface area contributed by atoms with Crippen LogP contribution < -0.4 is 10.6 Å². The standard InChI is InChI=1S/C22H23N3OS2/c1-15(2)12-16-5-7-17(8-6-16)21(19-4-3-10-27-19)24-14-20(26)25-22-18(13-23)9-11-28-22/h3-11,15,21,24H,12,14H2,1-2H3,(H,25,26)/t21-/m1/s1. The summed E-state index contributed by atoms with van der Waals surface area (Å²) < 4.78 is 0. The van der Waals surface area contributed by atoms with E-state index in [4.69, 9.17) is 5.26 Å². The lowest BCUT2D eigenvalue weighted by molar-refractivity contribution is -0.115. The van der Waals surface area contributed by atoms with Gasteiger partial charge in [0.2, 0.25) is 5.91 Å². The van der Waals surface area contributed by atoms with Gasteiger partial charge in [-0.25, -0.2) is 0 Å². The fraction of sp³-hybridized carbons (Fsp3) is 0.273. The van der Waals surface area contributed by atoms with E-state index in [9.17, 15) is 4.79 Å². The Hall–Kier alpha value is -2.46. The molecule has 2 heterocycles. The molecule has 0 radical (unpaired) electrons. The molecule has 1 aromatic carbocycles. The van der Waals surface area contributed by atoms with E-state index in [1.54, 1.807) is 22.8 Å². The summed E-state index contributed by atoms with van der Waals surface area (Å²) in [6, 6.07) is 16.5. The quantitative estimate of drug-likeness (QED) is 0.538. The minimum Gasteiger partial charge on any atom is -0.315 e. The molecule has 0 bridgehead atoms. The molecule has 0 saturated carbocycles. The van der Waals surface area contributed by atoms with Crippen LogP contribution in [0, 0.1) is 17.2 Å². The minimum absolute atomic E-state index is 0.0439.